The number of ether oxygens (including phenoxy) is 1. The fourth-order valence-corrected chi connectivity index (χ4v) is 5.41. The van der Waals surface area contributed by atoms with Crippen molar-refractivity contribution in [3.05, 3.63) is 130 Å². The third-order valence-corrected chi connectivity index (χ3v) is 7.22. The summed E-state index contributed by atoms with van der Waals surface area (Å²) in [6.45, 7) is 3.99. The van der Waals surface area contributed by atoms with Crippen molar-refractivity contribution in [2.45, 2.75) is 20.0 Å². The first-order valence-corrected chi connectivity index (χ1v) is 12.8. The second-order valence-corrected chi connectivity index (χ2v) is 9.60. The van der Waals surface area contributed by atoms with Crippen LogP contribution in [0.3, 0.4) is 0 Å². The first-order valence-electron chi connectivity index (χ1n) is 12.8. The lowest BCUT2D eigenvalue weighted by Crippen LogP contribution is -2.06. The molecule has 7 rings (SSSR count). The molecule has 190 valence electrons. The van der Waals surface area contributed by atoms with Gasteiger partial charge in [-0.2, -0.15) is 0 Å². The van der Waals surface area contributed by atoms with Gasteiger partial charge in [-0.05, 0) is 55.3 Å². The molecule has 1 aliphatic rings. The molecule has 0 amide bonds. The lowest BCUT2D eigenvalue weighted by atomic mass is 9.89. The third kappa shape index (κ3) is 3.78. The molecule has 1 aliphatic heterocycles. The number of benzene rings is 4. The molecule has 0 spiro atoms. The second-order valence-electron chi connectivity index (χ2n) is 9.60. The lowest BCUT2D eigenvalue weighted by molar-refractivity contribution is 0.228. The summed E-state index contributed by atoms with van der Waals surface area (Å²) in [6, 6.07) is 32.7. The number of aromatic amines is 1. The van der Waals surface area contributed by atoms with Crippen LogP contribution in [-0.4, -0.2) is 19.7 Å². The Morgan fingerprint density at radius 3 is 2.49 bits per heavy atom. The van der Waals surface area contributed by atoms with E-state index in [1.807, 2.05) is 67.6 Å². The molecular formula is C32H24N4O3. The number of hydrogen-bond acceptors (Lipinski definition) is 5. The smallest absolute Gasteiger partial charge is 0.439 e. The molecular weight excluding hydrogens is 488 g/mol. The van der Waals surface area contributed by atoms with Crippen LogP contribution in [0, 0.1) is 0 Å². The second kappa shape index (κ2) is 8.99. The molecule has 7 heteroatoms. The Balaban J connectivity index is 1.49. The minimum atomic E-state index is -0.590. The van der Waals surface area contributed by atoms with Crippen LogP contribution in [0.4, 0.5) is 0 Å². The molecule has 4 aromatic carbocycles. The minimum absolute atomic E-state index is 0.238. The monoisotopic (exact) mass is 512 g/mol. The standard InChI is InChI=1S/C32H24N4O3/c1-19(30-34-32(37)39-35-30)29-23-17-16-22(18-25(23)20(2)38-28-15-9-6-12-24(28)29)36-27-14-8-7-13-26(27)33-31(36)21-10-4-3-5-11-21/h3-18,20H,1-2H3,(H,34,35,37)/b29-19+. The molecule has 39 heavy (non-hydrogen) atoms. The van der Waals surface area contributed by atoms with Crippen LogP contribution in [0.2, 0.25) is 0 Å². The van der Waals surface area contributed by atoms with Gasteiger partial charge in [0.1, 0.15) is 17.7 Å². The summed E-state index contributed by atoms with van der Waals surface area (Å²) >= 11 is 0. The Morgan fingerprint density at radius 2 is 1.67 bits per heavy atom. The van der Waals surface area contributed by atoms with Gasteiger partial charge in [-0.3, -0.25) is 14.1 Å². The number of para-hydroxylation sites is 3. The Bertz CT molecular complexity index is 1950. The van der Waals surface area contributed by atoms with Crippen LogP contribution in [0.5, 0.6) is 5.75 Å². The number of fused-ring (bicyclic) bond motifs is 3. The molecule has 7 nitrogen and oxygen atoms in total. The molecule has 0 saturated heterocycles. The SMILES string of the molecule is C/C(=C1\c2ccccc2OC(C)c2cc(-n3c(-c4ccccc4)nc4ccccc43)ccc21)c1noc(=O)[nH]1. The summed E-state index contributed by atoms with van der Waals surface area (Å²) in [6.07, 6.45) is -0.238. The first kappa shape index (κ1) is 23.0. The van der Waals surface area contributed by atoms with Gasteiger partial charge in [0.25, 0.3) is 0 Å². The van der Waals surface area contributed by atoms with E-state index in [1.165, 1.54) is 0 Å². The van der Waals surface area contributed by atoms with Crippen molar-refractivity contribution in [2.75, 3.05) is 0 Å². The van der Waals surface area contributed by atoms with E-state index >= 15 is 0 Å². The van der Waals surface area contributed by atoms with E-state index in [9.17, 15) is 4.79 Å². The number of imidazole rings is 1. The Labute approximate surface area is 224 Å². The van der Waals surface area contributed by atoms with Gasteiger partial charge in [0.2, 0.25) is 0 Å². The zero-order valence-electron chi connectivity index (χ0n) is 21.4. The Hall–Kier alpha value is -5.17. The molecule has 1 unspecified atom stereocenters. The van der Waals surface area contributed by atoms with Gasteiger partial charge in [0.15, 0.2) is 5.82 Å². The van der Waals surface area contributed by atoms with Crippen molar-refractivity contribution in [1.29, 1.82) is 0 Å². The number of nitrogens with zero attached hydrogens (tertiary/aromatic N) is 3. The van der Waals surface area contributed by atoms with Crippen molar-refractivity contribution in [1.82, 2.24) is 19.7 Å². The number of nitrogens with one attached hydrogen (secondary N) is 1. The number of aromatic nitrogens is 4. The normalized spacial score (nSPS) is 15.8. The van der Waals surface area contributed by atoms with E-state index in [0.29, 0.717) is 5.82 Å². The van der Waals surface area contributed by atoms with Gasteiger partial charge in [0.05, 0.1) is 11.0 Å². The highest BCUT2D eigenvalue weighted by Crippen LogP contribution is 2.44. The minimum Gasteiger partial charge on any atom is -0.485 e. The van der Waals surface area contributed by atoms with Crippen molar-refractivity contribution in [3.63, 3.8) is 0 Å². The lowest BCUT2D eigenvalue weighted by Gasteiger charge is -2.18. The van der Waals surface area contributed by atoms with E-state index in [1.54, 1.807) is 0 Å². The van der Waals surface area contributed by atoms with Gasteiger partial charge < -0.3 is 4.74 Å². The number of allylic oxidation sites excluding steroid dienone is 1. The van der Waals surface area contributed by atoms with Gasteiger partial charge in [0, 0.05) is 28.0 Å². The van der Waals surface area contributed by atoms with Gasteiger partial charge >= 0.3 is 5.76 Å². The molecule has 0 saturated carbocycles. The van der Waals surface area contributed by atoms with Crippen LogP contribution in [0.15, 0.2) is 106 Å². The van der Waals surface area contributed by atoms with Gasteiger partial charge in [-0.25, -0.2) is 9.78 Å². The first-order chi connectivity index (χ1) is 19.1. The third-order valence-electron chi connectivity index (χ3n) is 7.22. The highest BCUT2D eigenvalue weighted by molar-refractivity contribution is 5.99. The molecule has 6 aromatic rings. The summed E-state index contributed by atoms with van der Waals surface area (Å²) < 4.78 is 13.5. The maximum absolute atomic E-state index is 11.8. The van der Waals surface area contributed by atoms with Crippen molar-refractivity contribution in [3.8, 4) is 22.8 Å². The zero-order chi connectivity index (χ0) is 26.5. The van der Waals surface area contributed by atoms with Crippen molar-refractivity contribution in [2.24, 2.45) is 0 Å². The van der Waals surface area contributed by atoms with Gasteiger partial charge in [-0.15, -0.1) is 0 Å². The zero-order valence-corrected chi connectivity index (χ0v) is 21.4. The molecule has 0 bridgehead atoms. The van der Waals surface area contributed by atoms with E-state index in [2.05, 4.69) is 58.0 Å². The predicted octanol–water partition coefficient (Wildman–Crippen LogP) is 6.80. The summed E-state index contributed by atoms with van der Waals surface area (Å²) in [4.78, 5) is 19.5. The molecule has 0 fully saturated rings. The average Bonchev–Trinajstić information content (AvgIpc) is 3.55. The van der Waals surface area contributed by atoms with Crippen LogP contribution >= 0.6 is 0 Å². The van der Waals surface area contributed by atoms with Crippen molar-refractivity contribution >= 4 is 22.2 Å². The Morgan fingerprint density at radius 1 is 0.897 bits per heavy atom. The summed E-state index contributed by atoms with van der Waals surface area (Å²) in [7, 11) is 0. The van der Waals surface area contributed by atoms with E-state index in [4.69, 9.17) is 14.2 Å². The van der Waals surface area contributed by atoms with Crippen LogP contribution in [0.25, 0.3) is 39.3 Å². The molecule has 2 aromatic heterocycles. The maximum Gasteiger partial charge on any atom is 0.439 e. The van der Waals surface area contributed by atoms with E-state index in [0.717, 1.165) is 61.7 Å². The van der Waals surface area contributed by atoms with Crippen molar-refractivity contribution < 1.29 is 9.26 Å². The van der Waals surface area contributed by atoms with E-state index in [-0.39, 0.29) is 6.10 Å². The fourth-order valence-electron chi connectivity index (χ4n) is 5.41. The van der Waals surface area contributed by atoms with Crippen LogP contribution < -0.4 is 10.5 Å². The highest BCUT2D eigenvalue weighted by Gasteiger charge is 2.27. The molecule has 0 radical (unpaired) electrons. The average molecular weight is 513 g/mol. The maximum atomic E-state index is 11.8. The molecule has 1 N–H and O–H groups in total. The molecule has 0 aliphatic carbocycles. The van der Waals surface area contributed by atoms with Gasteiger partial charge in [-0.1, -0.05) is 71.9 Å². The quantitative estimate of drug-likeness (QED) is 0.282. The Kier molecular flexibility index (Phi) is 5.30. The number of rotatable bonds is 3. The number of hydrogen-bond donors (Lipinski definition) is 1. The van der Waals surface area contributed by atoms with Crippen LogP contribution in [0.1, 0.15) is 42.5 Å². The van der Waals surface area contributed by atoms with E-state index < -0.39 is 5.76 Å². The molecule has 1 atom stereocenters. The van der Waals surface area contributed by atoms with Crippen LogP contribution in [-0.2, 0) is 0 Å². The largest absolute Gasteiger partial charge is 0.485 e. The summed E-state index contributed by atoms with van der Waals surface area (Å²) in [5.41, 5.74) is 8.63. The topological polar surface area (TPSA) is 85.9 Å². The highest BCUT2D eigenvalue weighted by atomic mass is 16.5. The summed E-state index contributed by atoms with van der Waals surface area (Å²) in [5.74, 6) is 1.43. The predicted molar refractivity (Wildman–Crippen MR) is 151 cm³/mol. The number of H-pyrrole nitrogens is 1. The fraction of sp³-hybridized carbons (Fsp3) is 0.0938. The summed E-state index contributed by atoms with van der Waals surface area (Å²) in [5, 5.41) is 3.97. The molecule has 3 heterocycles.